The average Bonchev–Trinajstić information content (AvgIpc) is 3.11. The van der Waals surface area contributed by atoms with Crippen LogP contribution in [0.5, 0.6) is 5.75 Å². The number of anilines is 1. The lowest BCUT2D eigenvalue weighted by molar-refractivity contribution is -0.135. The minimum Gasteiger partial charge on any atom is -0.497 e. The molecule has 0 bridgehead atoms. The van der Waals surface area contributed by atoms with Crippen molar-refractivity contribution >= 4 is 33.2 Å². The lowest BCUT2D eigenvalue weighted by atomic mass is 10.1. The van der Waals surface area contributed by atoms with Crippen molar-refractivity contribution in [1.82, 2.24) is 8.86 Å². The number of ether oxygens (including phenoxy) is 1. The van der Waals surface area contributed by atoms with Crippen LogP contribution in [0.25, 0.3) is 10.1 Å². The van der Waals surface area contributed by atoms with Gasteiger partial charge in [-0.1, -0.05) is 30.6 Å². The zero-order valence-corrected chi connectivity index (χ0v) is 17.5. The smallest absolute Gasteiger partial charge is 0.269 e. The SMILES string of the molecule is CC[C@@H](C(=O)N1CCN(c2ccc(OC)cc2)CC1)n1sc2ccccc2c1=O. The Morgan fingerprint density at radius 3 is 2.38 bits per heavy atom. The summed E-state index contributed by atoms with van der Waals surface area (Å²) in [5.41, 5.74) is 1.06. The zero-order chi connectivity index (χ0) is 20.4. The van der Waals surface area contributed by atoms with E-state index in [4.69, 9.17) is 4.74 Å². The van der Waals surface area contributed by atoms with E-state index >= 15 is 0 Å². The Kier molecular flexibility index (Phi) is 5.58. The molecule has 0 radical (unpaired) electrons. The van der Waals surface area contributed by atoms with Gasteiger partial charge in [0.25, 0.3) is 5.56 Å². The summed E-state index contributed by atoms with van der Waals surface area (Å²) in [7, 11) is 1.66. The number of piperazine rings is 1. The van der Waals surface area contributed by atoms with Crippen molar-refractivity contribution in [2.75, 3.05) is 38.2 Å². The molecular formula is C22H25N3O3S. The number of nitrogens with zero attached hydrogens (tertiary/aromatic N) is 3. The highest BCUT2D eigenvalue weighted by atomic mass is 32.1. The first kappa shape index (κ1) is 19.5. The van der Waals surface area contributed by atoms with E-state index in [9.17, 15) is 9.59 Å². The van der Waals surface area contributed by atoms with Crippen LogP contribution in [-0.2, 0) is 4.79 Å². The fraction of sp³-hybridized carbons (Fsp3) is 0.364. The van der Waals surface area contributed by atoms with Crippen molar-refractivity contribution in [2.24, 2.45) is 0 Å². The number of amides is 1. The van der Waals surface area contributed by atoms with E-state index < -0.39 is 6.04 Å². The van der Waals surface area contributed by atoms with Gasteiger partial charge in [-0.3, -0.25) is 13.5 Å². The van der Waals surface area contributed by atoms with E-state index in [1.807, 2.05) is 60.4 Å². The third kappa shape index (κ3) is 3.74. The summed E-state index contributed by atoms with van der Waals surface area (Å²) in [5.74, 6) is 0.873. The summed E-state index contributed by atoms with van der Waals surface area (Å²) < 4.78 is 7.80. The van der Waals surface area contributed by atoms with Crippen LogP contribution in [0.15, 0.2) is 53.3 Å². The van der Waals surface area contributed by atoms with Gasteiger partial charge in [-0.25, -0.2) is 0 Å². The number of rotatable bonds is 5. The van der Waals surface area contributed by atoms with Crippen LogP contribution in [0.2, 0.25) is 0 Å². The maximum Gasteiger partial charge on any atom is 0.269 e. The predicted molar refractivity (Wildman–Crippen MR) is 117 cm³/mol. The highest BCUT2D eigenvalue weighted by Crippen LogP contribution is 2.25. The molecule has 2 aromatic carbocycles. The fourth-order valence-corrected chi connectivity index (χ4v) is 4.98. The minimum absolute atomic E-state index is 0.0375. The molecule has 1 aromatic heterocycles. The van der Waals surface area contributed by atoms with Gasteiger partial charge in [0.05, 0.1) is 17.2 Å². The lowest BCUT2D eigenvalue weighted by Gasteiger charge is -2.37. The summed E-state index contributed by atoms with van der Waals surface area (Å²) >= 11 is 1.38. The van der Waals surface area contributed by atoms with Crippen LogP contribution < -0.4 is 15.2 Å². The Hall–Kier alpha value is -2.80. The Balaban J connectivity index is 1.47. The molecule has 152 valence electrons. The Labute approximate surface area is 174 Å². The van der Waals surface area contributed by atoms with Crippen molar-refractivity contribution in [3.8, 4) is 5.75 Å². The van der Waals surface area contributed by atoms with Crippen molar-refractivity contribution in [2.45, 2.75) is 19.4 Å². The maximum atomic E-state index is 13.2. The molecule has 1 amide bonds. The average molecular weight is 412 g/mol. The Morgan fingerprint density at radius 1 is 1.07 bits per heavy atom. The quantitative estimate of drug-likeness (QED) is 0.646. The first-order valence-electron chi connectivity index (χ1n) is 9.90. The number of aromatic nitrogens is 1. The van der Waals surface area contributed by atoms with Crippen LogP contribution >= 0.6 is 11.5 Å². The predicted octanol–water partition coefficient (Wildman–Crippen LogP) is 3.37. The second-order valence-corrected chi connectivity index (χ2v) is 8.17. The third-order valence-corrected chi connectivity index (χ3v) is 6.67. The van der Waals surface area contributed by atoms with Gasteiger partial charge < -0.3 is 14.5 Å². The van der Waals surface area contributed by atoms with Crippen molar-refractivity contribution in [3.05, 3.63) is 58.9 Å². The molecular weight excluding hydrogens is 386 g/mol. The van der Waals surface area contributed by atoms with Gasteiger partial charge in [0.2, 0.25) is 5.91 Å². The number of hydrogen-bond acceptors (Lipinski definition) is 5. The van der Waals surface area contributed by atoms with E-state index in [1.54, 1.807) is 11.1 Å². The monoisotopic (exact) mass is 411 g/mol. The summed E-state index contributed by atoms with van der Waals surface area (Å²) in [6.07, 6.45) is 0.601. The number of hydrogen-bond donors (Lipinski definition) is 0. The second-order valence-electron chi connectivity index (χ2n) is 7.15. The Bertz CT molecular complexity index is 1050. The lowest BCUT2D eigenvalue weighted by Crippen LogP contribution is -2.51. The Morgan fingerprint density at radius 2 is 1.76 bits per heavy atom. The van der Waals surface area contributed by atoms with E-state index in [1.165, 1.54) is 11.5 Å². The van der Waals surface area contributed by atoms with Crippen molar-refractivity contribution < 1.29 is 9.53 Å². The van der Waals surface area contributed by atoms with E-state index in [-0.39, 0.29) is 11.5 Å². The van der Waals surface area contributed by atoms with Crippen LogP contribution in [-0.4, -0.2) is 48.1 Å². The number of carbonyl (C=O) groups is 1. The zero-order valence-electron chi connectivity index (χ0n) is 16.7. The molecule has 0 N–H and O–H groups in total. The summed E-state index contributed by atoms with van der Waals surface area (Å²) in [6.45, 7) is 4.82. The van der Waals surface area contributed by atoms with Gasteiger partial charge in [0, 0.05) is 31.9 Å². The highest BCUT2D eigenvalue weighted by Gasteiger charge is 2.29. The molecule has 29 heavy (non-hydrogen) atoms. The van der Waals surface area contributed by atoms with Gasteiger partial charge >= 0.3 is 0 Å². The van der Waals surface area contributed by atoms with Gasteiger partial charge in [0.15, 0.2) is 0 Å². The molecule has 4 rings (SSSR count). The summed E-state index contributed by atoms with van der Waals surface area (Å²) in [5, 5.41) is 0.688. The topological polar surface area (TPSA) is 54.8 Å². The first-order valence-corrected chi connectivity index (χ1v) is 10.7. The van der Waals surface area contributed by atoms with Crippen LogP contribution in [0, 0.1) is 0 Å². The first-order chi connectivity index (χ1) is 14.1. The number of methoxy groups -OCH3 is 1. The molecule has 0 saturated carbocycles. The normalized spacial score (nSPS) is 15.5. The molecule has 0 spiro atoms. The molecule has 1 fully saturated rings. The van der Waals surface area contributed by atoms with E-state index in [0.717, 1.165) is 29.2 Å². The molecule has 6 nitrogen and oxygen atoms in total. The summed E-state index contributed by atoms with van der Waals surface area (Å²) in [4.78, 5) is 30.2. The maximum absolute atomic E-state index is 13.2. The van der Waals surface area contributed by atoms with E-state index in [0.29, 0.717) is 24.9 Å². The van der Waals surface area contributed by atoms with Crippen LogP contribution in [0.3, 0.4) is 0 Å². The van der Waals surface area contributed by atoms with Gasteiger partial charge in [-0.2, -0.15) is 0 Å². The molecule has 1 atom stereocenters. The minimum atomic E-state index is -0.438. The molecule has 1 saturated heterocycles. The standard InChI is InChI=1S/C22H25N3O3S/c1-3-19(25-21(26)18-6-4-5-7-20(18)29-25)22(27)24-14-12-23(13-15-24)16-8-10-17(28-2)11-9-16/h4-11,19H,3,12-15H2,1-2H3/t19-/m0/s1. The highest BCUT2D eigenvalue weighted by molar-refractivity contribution is 7.14. The molecule has 1 aliphatic heterocycles. The second kappa shape index (κ2) is 8.29. The van der Waals surface area contributed by atoms with Gasteiger partial charge in [0.1, 0.15) is 11.8 Å². The van der Waals surface area contributed by atoms with Gasteiger partial charge in [-0.15, -0.1) is 0 Å². The molecule has 0 unspecified atom stereocenters. The van der Waals surface area contributed by atoms with Gasteiger partial charge in [-0.05, 0) is 42.8 Å². The third-order valence-electron chi connectivity index (χ3n) is 5.50. The van der Waals surface area contributed by atoms with Crippen molar-refractivity contribution in [1.29, 1.82) is 0 Å². The number of fused-ring (bicyclic) bond motifs is 1. The van der Waals surface area contributed by atoms with Crippen LogP contribution in [0.1, 0.15) is 19.4 Å². The van der Waals surface area contributed by atoms with E-state index in [2.05, 4.69) is 4.90 Å². The fourth-order valence-electron chi connectivity index (χ4n) is 3.82. The summed E-state index contributed by atoms with van der Waals surface area (Å²) in [6, 6.07) is 15.1. The largest absolute Gasteiger partial charge is 0.497 e. The number of carbonyl (C=O) groups excluding carboxylic acids is 1. The van der Waals surface area contributed by atoms with Crippen molar-refractivity contribution in [3.63, 3.8) is 0 Å². The molecule has 7 heteroatoms. The molecule has 1 aliphatic rings. The molecule has 3 aromatic rings. The van der Waals surface area contributed by atoms with Crippen LogP contribution in [0.4, 0.5) is 5.69 Å². The molecule has 0 aliphatic carbocycles. The number of benzene rings is 2. The molecule has 2 heterocycles.